The molecule has 6 heterocycles. The average molecular weight is 834 g/mol. The number of aliphatic hydroxyl groups is 1. The molecule has 4 aliphatic rings. The molecule has 2 aromatic carbocycles. The van der Waals surface area contributed by atoms with Crippen LogP contribution in [0.4, 0.5) is 36.3 Å². The maximum atomic E-state index is 15.1. The Balaban J connectivity index is 0.778. The van der Waals surface area contributed by atoms with E-state index in [0.717, 1.165) is 61.2 Å². The van der Waals surface area contributed by atoms with Crippen LogP contribution in [0.1, 0.15) is 68.0 Å². The predicted molar refractivity (Wildman–Crippen MR) is 221 cm³/mol. The average Bonchev–Trinajstić information content (AvgIpc) is 3.84. The van der Waals surface area contributed by atoms with Crippen molar-refractivity contribution >= 4 is 62.9 Å². The van der Waals surface area contributed by atoms with Crippen molar-refractivity contribution in [2.75, 3.05) is 60.9 Å². The van der Waals surface area contributed by atoms with Crippen molar-refractivity contribution in [1.29, 1.82) is 0 Å². The minimum absolute atomic E-state index is 0.0411. The Hall–Kier alpha value is -6.45. The van der Waals surface area contributed by atoms with Crippen molar-refractivity contribution in [1.82, 2.24) is 34.5 Å². The summed E-state index contributed by atoms with van der Waals surface area (Å²) >= 11 is 0. The number of benzene rings is 2. The first-order valence-electron chi connectivity index (χ1n) is 20.5. The maximum absolute atomic E-state index is 15.1. The Labute approximate surface area is 349 Å². The number of anilines is 3. The Morgan fingerprint density at radius 3 is 2.33 bits per heavy atom. The van der Waals surface area contributed by atoms with Crippen molar-refractivity contribution in [2.45, 2.75) is 63.6 Å². The lowest BCUT2D eigenvalue weighted by Crippen LogP contribution is -2.59. The summed E-state index contributed by atoms with van der Waals surface area (Å²) in [6, 6.07) is 10.7. The number of nitrogens with zero attached hydrogens (tertiary/aromatic N) is 9. The second kappa shape index (κ2) is 15.5. The Bertz CT molecular complexity index is 2600. The number of halogens is 2. The highest BCUT2D eigenvalue weighted by molar-refractivity contribution is 6.06. The van der Waals surface area contributed by atoms with Gasteiger partial charge in [-0.3, -0.25) is 34.2 Å². The van der Waals surface area contributed by atoms with Gasteiger partial charge in [-0.05, 0) is 82.0 Å². The number of hydrogen-bond donors (Lipinski definition) is 3. The molecule has 0 atom stereocenters. The van der Waals surface area contributed by atoms with E-state index in [1.54, 1.807) is 36.9 Å². The van der Waals surface area contributed by atoms with E-state index in [1.807, 2.05) is 27.9 Å². The van der Waals surface area contributed by atoms with E-state index in [2.05, 4.69) is 25.5 Å². The quantitative estimate of drug-likeness (QED) is 0.178. The summed E-state index contributed by atoms with van der Waals surface area (Å²) < 4.78 is 33.6. The van der Waals surface area contributed by atoms with E-state index in [4.69, 9.17) is 11.7 Å². The molecule has 9 rings (SSSR count). The highest BCUT2D eigenvalue weighted by Gasteiger charge is 2.39. The van der Waals surface area contributed by atoms with Crippen LogP contribution in [0.5, 0.6) is 0 Å². The van der Waals surface area contributed by atoms with Crippen molar-refractivity contribution in [3.05, 3.63) is 89.2 Å². The molecule has 18 heteroatoms. The van der Waals surface area contributed by atoms with Gasteiger partial charge in [-0.15, -0.1) is 0 Å². The van der Waals surface area contributed by atoms with Crippen molar-refractivity contribution < 1.29 is 33.1 Å². The molecule has 3 aliphatic heterocycles. The molecule has 5 amide bonds. The van der Waals surface area contributed by atoms with E-state index in [-0.39, 0.29) is 30.8 Å². The van der Waals surface area contributed by atoms with E-state index in [1.165, 1.54) is 10.7 Å². The number of imide groups is 1. The van der Waals surface area contributed by atoms with E-state index < -0.39 is 40.8 Å². The fraction of sp³-hybridized carbons (Fsp3) is 0.419. The smallest absolute Gasteiger partial charge is 0.328 e. The number of amides is 5. The first kappa shape index (κ1) is 40.0. The van der Waals surface area contributed by atoms with Gasteiger partial charge in [0.05, 0.1) is 41.4 Å². The van der Waals surface area contributed by atoms with E-state index in [0.29, 0.717) is 71.6 Å². The highest BCUT2D eigenvalue weighted by Crippen LogP contribution is 2.37. The number of fused-ring (bicyclic) bond motifs is 2. The summed E-state index contributed by atoms with van der Waals surface area (Å²) in [5, 5.41) is 26.2. The SMILES string of the molecule is [C-]#[N+]c1cnn2c(C(=O)Nc3cc4cn(C5CCC(N6CCN(C(=O)C7CN(c8cc(F)c(N9CCC(=O)NC9=O)c(F)c8)C7)CC6)CC5)nc4cc3C(C)(C)O)ccc2c1. The molecule has 1 saturated carbocycles. The predicted octanol–water partition coefficient (Wildman–Crippen LogP) is 5.20. The number of carbonyl (C=O) groups is 4. The molecule has 5 aromatic rings. The van der Waals surface area contributed by atoms with Gasteiger partial charge in [0.2, 0.25) is 17.5 Å². The van der Waals surface area contributed by atoms with Gasteiger partial charge in [0, 0.05) is 86.8 Å². The fourth-order valence-electron chi connectivity index (χ4n) is 9.16. The lowest BCUT2D eigenvalue weighted by Gasteiger charge is -2.45. The summed E-state index contributed by atoms with van der Waals surface area (Å²) in [5.74, 6) is -2.95. The lowest BCUT2D eigenvalue weighted by molar-refractivity contribution is -0.138. The second-order valence-electron chi connectivity index (χ2n) is 16.9. The topological polar surface area (TPSA) is 165 Å². The van der Waals surface area contributed by atoms with Crippen LogP contribution < -0.4 is 20.4 Å². The summed E-state index contributed by atoms with van der Waals surface area (Å²) in [6.07, 6.45) is 7.16. The summed E-state index contributed by atoms with van der Waals surface area (Å²) in [5.41, 5.74) is 1.54. The number of aromatic nitrogens is 4. The van der Waals surface area contributed by atoms with Crippen LogP contribution in [0.2, 0.25) is 0 Å². The van der Waals surface area contributed by atoms with Crippen LogP contribution in [-0.4, -0.2) is 110 Å². The van der Waals surface area contributed by atoms with Gasteiger partial charge in [0.15, 0.2) is 11.6 Å². The van der Waals surface area contributed by atoms with Crippen LogP contribution in [0.15, 0.2) is 54.9 Å². The Kier molecular flexibility index (Phi) is 10.2. The largest absolute Gasteiger partial charge is 0.386 e. The van der Waals surface area contributed by atoms with Crippen LogP contribution in [0.25, 0.3) is 21.3 Å². The summed E-state index contributed by atoms with van der Waals surface area (Å²) in [7, 11) is 0. The number of carbonyl (C=O) groups excluding carboxylic acids is 4. The van der Waals surface area contributed by atoms with Gasteiger partial charge >= 0.3 is 6.03 Å². The molecule has 61 heavy (non-hydrogen) atoms. The zero-order valence-corrected chi connectivity index (χ0v) is 33.8. The first-order valence-corrected chi connectivity index (χ1v) is 20.5. The van der Waals surface area contributed by atoms with Gasteiger partial charge in [-0.1, -0.05) is 0 Å². The third-order valence-corrected chi connectivity index (χ3v) is 12.5. The van der Waals surface area contributed by atoms with Crippen LogP contribution in [0.3, 0.4) is 0 Å². The molecule has 4 fully saturated rings. The normalized spacial score (nSPS) is 20.5. The molecule has 3 saturated heterocycles. The fourth-order valence-corrected chi connectivity index (χ4v) is 9.16. The number of urea groups is 1. The second-order valence-corrected chi connectivity index (χ2v) is 16.9. The van der Waals surface area contributed by atoms with Gasteiger partial charge in [-0.25, -0.2) is 22.9 Å². The summed E-state index contributed by atoms with van der Waals surface area (Å²) in [6.45, 7) is 13.9. The lowest BCUT2D eigenvalue weighted by atomic mass is 9.89. The first-order chi connectivity index (χ1) is 29.2. The van der Waals surface area contributed by atoms with E-state index >= 15 is 8.78 Å². The molecule has 3 aromatic heterocycles. The van der Waals surface area contributed by atoms with Gasteiger partial charge in [0.25, 0.3) is 5.91 Å². The third kappa shape index (κ3) is 7.63. The van der Waals surface area contributed by atoms with Gasteiger partial charge in [-0.2, -0.15) is 10.2 Å². The molecule has 16 nitrogen and oxygen atoms in total. The molecule has 0 radical (unpaired) electrons. The Morgan fingerprint density at radius 2 is 1.66 bits per heavy atom. The standard InChI is InChI=1S/C43H45F2N11O5/c1-43(2,61)32-20-35-25(16-36(32)48-40(58)37-9-8-30-17-27(46-3)21-47-56(30)37)24-55(50-35)29-6-4-28(5-7-29)51-12-14-52(15-13-51)41(59)26-22-53(23-26)31-18-33(44)39(34(45)19-31)54-11-10-38(57)49-42(54)60/h8-9,16-21,24,26,28-29,61H,4-7,10-15,22-23H2,1-2H3,(H,48,58)(H,49,57,60). The molecule has 0 bridgehead atoms. The van der Waals surface area contributed by atoms with Crippen LogP contribution in [0, 0.1) is 24.1 Å². The van der Waals surface area contributed by atoms with Crippen molar-refractivity contribution in [3.8, 4) is 0 Å². The monoisotopic (exact) mass is 833 g/mol. The number of piperazine rings is 1. The Morgan fingerprint density at radius 1 is 0.951 bits per heavy atom. The minimum Gasteiger partial charge on any atom is -0.386 e. The molecule has 0 unspecified atom stereocenters. The zero-order valence-electron chi connectivity index (χ0n) is 33.8. The minimum atomic E-state index is -1.27. The van der Waals surface area contributed by atoms with Crippen molar-refractivity contribution in [3.63, 3.8) is 0 Å². The molecular formula is C43H45F2N11O5. The van der Waals surface area contributed by atoms with Crippen LogP contribution in [-0.2, 0) is 15.2 Å². The van der Waals surface area contributed by atoms with Crippen LogP contribution >= 0.6 is 0 Å². The molecular weight excluding hydrogens is 789 g/mol. The number of nitrogens with one attached hydrogen (secondary N) is 2. The summed E-state index contributed by atoms with van der Waals surface area (Å²) in [4.78, 5) is 61.0. The highest BCUT2D eigenvalue weighted by atomic mass is 19.1. The van der Waals surface area contributed by atoms with Crippen molar-refractivity contribution in [2.24, 2.45) is 5.92 Å². The number of hydrogen-bond acceptors (Lipinski definition) is 9. The molecule has 0 spiro atoms. The molecule has 3 N–H and O–H groups in total. The van der Waals surface area contributed by atoms with Gasteiger partial charge < -0.3 is 20.2 Å². The molecule has 316 valence electrons. The zero-order chi connectivity index (χ0) is 42.7. The number of rotatable bonds is 8. The molecule has 1 aliphatic carbocycles. The van der Waals surface area contributed by atoms with E-state index in [9.17, 15) is 24.3 Å². The third-order valence-electron chi connectivity index (χ3n) is 12.5. The maximum Gasteiger partial charge on any atom is 0.328 e. The van der Waals surface area contributed by atoms with Gasteiger partial charge in [0.1, 0.15) is 11.4 Å².